The lowest BCUT2D eigenvalue weighted by Crippen LogP contribution is -2.21. The van der Waals surface area contributed by atoms with Gasteiger partial charge in [-0.1, -0.05) is 31.2 Å². The Morgan fingerprint density at radius 3 is 2.74 bits per heavy atom. The van der Waals surface area contributed by atoms with Crippen LogP contribution in [0.3, 0.4) is 0 Å². The van der Waals surface area contributed by atoms with Gasteiger partial charge in [-0.15, -0.1) is 0 Å². The van der Waals surface area contributed by atoms with Gasteiger partial charge in [0.05, 0.1) is 5.92 Å². The Balaban J connectivity index is 1.48. The molecule has 4 aromatic rings. The van der Waals surface area contributed by atoms with Crippen LogP contribution in [0.25, 0.3) is 11.0 Å². The van der Waals surface area contributed by atoms with Crippen LogP contribution in [-0.4, -0.2) is 5.97 Å². The van der Waals surface area contributed by atoms with Gasteiger partial charge in [0, 0.05) is 22.6 Å². The van der Waals surface area contributed by atoms with E-state index in [1.165, 1.54) is 18.2 Å². The first-order valence-electron chi connectivity index (χ1n) is 11.1. The number of benzene rings is 3. The van der Waals surface area contributed by atoms with Gasteiger partial charge in [0.1, 0.15) is 34.5 Å². The molecule has 0 spiro atoms. The quantitative estimate of drug-likeness (QED) is 0.297. The van der Waals surface area contributed by atoms with Crippen LogP contribution < -0.4 is 15.2 Å². The highest BCUT2D eigenvalue weighted by atomic mass is 19.1. The first-order valence-corrected chi connectivity index (χ1v) is 11.1. The largest absolute Gasteiger partial charge is 0.449 e. The number of esters is 1. The number of hydrogen-bond acceptors (Lipinski definition) is 6. The number of carbonyl (C=O) groups excluding carboxylic acids is 1. The smallest absolute Gasteiger partial charge is 0.379 e. The van der Waals surface area contributed by atoms with E-state index >= 15 is 0 Å². The molecule has 0 amide bonds. The Morgan fingerprint density at radius 2 is 2.00 bits per heavy atom. The molecule has 1 unspecified atom stereocenters. The van der Waals surface area contributed by atoms with Crippen LogP contribution in [-0.2, 0) is 6.42 Å². The lowest BCUT2D eigenvalue weighted by molar-refractivity contribution is 0.0702. The molecule has 0 radical (unpaired) electrons. The van der Waals surface area contributed by atoms with Gasteiger partial charge in [-0.05, 0) is 54.8 Å². The van der Waals surface area contributed by atoms with Crippen LogP contribution in [0, 0.1) is 24.1 Å². The zero-order valence-corrected chi connectivity index (χ0v) is 19.1. The maximum Gasteiger partial charge on any atom is 0.379 e. The molecule has 2 heterocycles. The summed E-state index contributed by atoms with van der Waals surface area (Å²) >= 11 is 0. The minimum Gasteiger partial charge on any atom is -0.449 e. The van der Waals surface area contributed by atoms with E-state index in [4.69, 9.17) is 19.6 Å². The van der Waals surface area contributed by atoms with Crippen molar-refractivity contribution in [1.29, 1.82) is 5.26 Å². The van der Waals surface area contributed by atoms with E-state index in [1.54, 1.807) is 24.3 Å². The fourth-order valence-electron chi connectivity index (χ4n) is 4.36. The van der Waals surface area contributed by atoms with Gasteiger partial charge in [0.2, 0.25) is 11.6 Å². The van der Waals surface area contributed by atoms with Crippen molar-refractivity contribution in [3.8, 4) is 17.6 Å². The SMILES string of the molecule is CCc1ccc2oc(C(=O)Oc3ccc4c(c3)OC(N)=C(C#N)C4c3cccc(F)c3)c(C)c2c1. The highest BCUT2D eigenvalue weighted by molar-refractivity contribution is 5.97. The molecule has 1 atom stereocenters. The van der Waals surface area contributed by atoms with Crippen molar-refractivity contribution in [1.82, 2.24) is 0 Å². The number of aryl methyl sites for hydroxylation is 2. The highest BCUT2D eigenvalue weighted by Crippen LogP contribution is 2.43. The van der Waals surface area contributed by atoms with E-state index in [1.807, 2.05) is 25.1 Å². The average molecular weight is 468 g/mol. The maximum atomic E-state index is 13.9. The number of ether oxygens (including phenoxy) is 2. The molecule has 0 aliphatic carbocycles. The fourth-order valence-corrected chi connectivity index (χ4v) is 4.36. The molecule has 0 saturated carbocycles. The van der Waals surface area contributed by atoms with E-state index in [2.05, 4.69) is 13.0 Å². The third kappa shape index (κ3) is 3.89. The molecule has 7 heteroatoms. The molecule has 0 fully saturated rings. The molecule has 5 rings (SSSR count). The number of allylic oxidation sites excluding steroid dienone is 1. The van der Waals surface area contributed by atoms with E-state index in [9.17, 15) is 14.4 Å². The van der Waals surface area contributed by atoms with Gasteiger partial charge in [-0.3, -0.25) is 0 Å². The number of nitriles is 1. The first kappa shape index (κ1) is 22.2. The summed E-state index contributed by atoms with van der Waals surface area (Å²) < 4.78 is 30.9. The predicted octanol–water partition coefficient (Wildman–Crippen LogP) is 5.88. The van der Waals surface area contributed by atoms with Crippen LogP contribution in [0.15, 0.2) is 76.5 Å². The van der Waals surface area contributed by atoms with Crippen molar-refractivity contribution >= 4 is 16.9 Å². The van der Waals surface area contributed by atoms with Crippen LogP contribution in [0.5, 0.6) is 11.5 Å². The molecular formula is C28H21FN2O4. The second-order valence-electron chi connectivity index (χ2n) is 8.31. The first-order chi connectivity index (χ1) is 16.9. The number of carbonyl (C=O) groups is 1. The van der Waals surface area contributed by atoms with E-state index < -0.39 is 17.7 Å². The van der Waals surface area contributed by atoms with Gasteiger partial charge < -0.3 is 19.6 Å². The molecule has 1 aliphatic rings. The Morgan fingerprint density at radius 1 is 1.17 bits per heavy atom. The monoisotopic (exact) mass is 468 g/mol. The minimum absolute atomic E-state index is 0.0856. The van der Waals surface area contributed by atoms with Gasteiger partial charge in [-0.25, -0.2) is 9.18 Å². The molecule has 1 aromatic heterocycles. The third-order valence-electron chi connectivity index (χ3n) is 6.18. The summed E-state index contributed by atoms with van der Waals surface area (Å²) in [5.41, 5.74) is 9.81. The topological polar surface area (TPSA) is 98.5 Å². The zero-order chi connectivity index (χ0) is 24.7. The Hall–Kier alpha value is -4.57. The number of furan rings is 1. The Kier molecular flexibility index (Phi) is 5.50. The van der Waals surface area contributed by atoms with Crippen molar-refractivity contribution in [2.75, 3.05) is 0 Å². The zero-order valence-electron chi connectivity index (χ0n) is 19.1. The van der Waals surface area contributed by atoms with Gasteiger partial charge in [0.25, 0.3) is 0 Å². The molecule has 0 saturated heterocycles. The lowest BCUT2D eigenvalue weighted by atomic mass is 9.83. The number of nitrogens with two attached hydrogens (primary N) is 1. The second kappa shape index (κ2) is 8.65. The molecule has 35 heavy (non-hydrogen) atoms. The Bertz CT molecular complexity index is 1560. The van der Waals surface area contributed by atoms with Crippen molar-refractivity contribution in [3.05, 3.63) is 106 Å². The average Bonchev–Trinajstić information content (AvgIpc) is 3.18. The summed E-state index contributed by atoms with van der Waals surface area (Å²) in [7, 11) is 0. The summed E-state index contributed by atoms with van der Waals surface area (Å²) in [6, 6.07) is 18.6. The Labute approximate surface area is 201 Å². The predicted molar refractivity (Wildman–Crippen MR) is 127 cm³/mol. The van der Waals surface area contributed by atoms with Crippen molar-refractivity contribution in [3.63, 3.8) is 0 Å². The summed E-state index contributed by atoms with van der Waals surface area (Å²) in [6.45, 7) is 3.88. The van der Waals surface area contributed by atoms with Crippen molar-refractivity contribution in [2.45, 2.75) is 26.2 Å². The van der Waals surface area contributed by atoms with Crippen molar-refractivity contribution in [2.24, 2.45) is 5.73 Å². The fraction of sp³-hybridized carbons (Fsp3) is 0.143. The van der Waals surface area contributed by atoms with Crippen LogP contribution >= 0.6 is 0 Å². The standard InChI is InChI=1S/C28H21FN2O4/c1-3-16-7-10-23-21(11-16)15(2)26(34-23)28(32)33-19-8-9-20-24(13-19)35-27(31)22(14-30)25(20)17-5-4-6-18(29)12-17/h4-13,25H,3,31H2,1-2H3. The molecule has 6 nitrogen and oxygen atoms in total. The molecule has 1 aliphatic heterocycles. The van der Waals surface area contributed by atoms with Gasteiger partial charge >= 0.3 is 5.97 Å². The highest BCUT2D eigenvalue weighted by Gasteiger charge is 2.31. The van der Waals surface area contributed by atoms with E-state index in [-0.39, 0.29) is 23.0 Å². The lowest BCUT2D eigenvalue weighted by Gasteiger charge is -2.26. The van der Waals surface area contributed by atoms with Crippen molar-refractivity contribution < 1.29 is 23.1 Å². The summed E-state index contributed by atoms with van der Waals surface area (Å²) in [5, 5.41) is 10.5. The molecule has 0 bridgehead atoms. The van der Waals surface area contributed by atoms with Crippen LogP contribution in [0.4, 0.5) is 4.39 Å². The maximum absolute atomic E-state index is 13.9. The number of fused-ring (bicyclic) bond motifs is 2. The summed E-state index contributed by atoms with van der Waals surface area (Å²) in [5.74, 6) is -1.12. The van der Waals surface area contributed by atoms with Gasteiger partial charge in [-0.2, -0.15) is 5.26 Å². The summed E-state index contributed by atoms with van der Waals surface area (Å²) in [4.78, 5) is 12.9. The number of hydrogen-bond donors (Lipinski definition) is 1. The summed E-state index contributed by atoms with van der Waals surface area (Å²) in [6.07, 6.45) is 0.872. The molecular weight excluding hydrogens is 447 g/mol. The van der Waals surface area contributed by atoms with Crippen LogP contribution in [0.1, 0.15) is 45.7 Å². The number of rotatable bonds is 4. The molecule has 3 aromatic carbocycles. The normalized spacial score (nSPS) is 14.9. The van der Waals surface area contributed by atoms with Crippen LogP contribution in [0.2, 0.25) is 0 Å². The number of nitrogens with zero attached hydrogens (tertiary/aromatic N) is 1. The molecule has 174 valence electrons. The number of halogens is 1. The second-order valence-corrected chi connectivity index (χ2v) is 8.31. The van der Waals surface area contributed by atoms with E-state index in [0.717, 1.165) is 17.4 Å². The minimum atomic E-state index is -0.643. The third-order valence-corrected chi connectivity index (χ3v) is 6.18. The van der Waals surface area contributed by atoms with E-state index in [0.29, 0.717) is 28.0 Å². The molecule has 2 N–H and O–H groups in total. The van der Waals surface area contributed by atoms with Gasteiger partial charge in [0.15, 0.2) is 0 Å².